The maximum Gasteiger partial charge on any atom is 0.276 e. The number of hydrogen-bond donors (Lipinski definition) is 1. The maximum atomic E-state index is 12.6. The van der Waals surface area contributed by atoms with E-state index in [1.807, 2.05) is 42.5 Å². The summed E-state index contributed by atoms with van der Waals surface area (Å²) in [6, 6.07) is 15.1. The number of rotatable bonds is 3. The summed E-state index contributed by atoms with van der Waals surface area (Å²) in [6.45, 7) is 0.345. The van der Waals surface area contributed by atoms with Gasteiger partial charge in [-0.3, -0.25) is 9.69 Å². The maximum absolute atomic E-state index is 12.6. The highest BCUT2D eigenvalue weighted by molar-refractivity contribution is 9.10. The fourth-order valence-corrected chi connectivity index (χ4v) is 3.11. The van der Waals surface area contributed by atoms with Crippen LogP contribution in [0.5, 0.6) is 0 Å². The summed E-state index contributed by atoms with van der Waals surface area (Å²) in [4.78, 5) is 14.1. The Labute approximate surface area is 153 Å². The highest BCUT2D eigenvalue weighted by Crippen LogP contribution is 2.23. The fourth-order valence-electron chi connectivity index (χ4n) is 2.26. The van der Waals surface area contributed by atoms with Crippen LogP contribution in [-0.2, 0) is 11.3 Å². The summed E-state index contributed by atoms with van der Waals surface area (Å²) in [5.74, 6) is -0.161. The van der Waals surface area contributed by atoms with Gasteiger partial charge in [-0.1, -0.05) is 63.9 Å². The molecule has 2 aromatic rings. The topological polar surface area (TPSA) is 32.3 Å². The lowest BCUT2D eigenvalue weighted by atomic mass is 10.2. The molecule has 2 aromatic carbocycles. The van der Waals surface area contributed by atoms with Gasteiger partial charge in [0.15, 0.2) is 5.11 Å². The van der Waals surface area contributed by atoms with Gasteiger partial charge in [-0.05, 0) is 41.6 Å². The number of halogens is 2. The van der Waals surface area contributed by atoms with Crippen LogP contribution < -0.4 is 5.32 Å². The molecule has 0 saturated carbocycles. The highest BCUT2D eigenvalue weighted by atomic mass is 79.9. The van der Waals surface area contributed by atoms with Crippen LogP contribution in [0.2, 0.25) is 5.02 Å². The molecule has 0 aliphatic carbocycles. The number of carbonyl (C=O) groups excluding carboxylic acids is 1. The van der Waals surface area contributed by atoms with E-state index >= 15 is 0 Å². The van der Waals surface area contributed by atoms with E-state index < -0.39 is 0 Å². The highest BCUT2D eigenvalue weighted by Gasteiger charge is 2.31. The fraction of sp³-hybridized carbons (Fsp3) is 0.0588. The molecule has 1 aliphatic rings. The number of benzene rings is 2. The molecule has 0 unspecified atom stereocenters. The normalized spacial score (nSPS) is 16.1. The first kappa shape index (κ1) is 16.2. The third-order valence-electron chi connectivity index (χ3n) is 3.45. The summed E-state index contributed by atoms with van der Waals surface area (Å²) in [5.41, 5.74) is 2.22. The van der Waals surface area contributed by atoms with Crippen LogP contribution in [0, 0.1) is 0 Å². The first-order valence-electron chi connectivity index (χ1n) is 6.89. The standard InChI is InChI=1S/C17H12BrClN2OS/c18-13-7-3-1-5-11(13)9-15-16(22)21(17(23)20-15)10-12-6-2-4-8-14(12)19/h1-9H,10H2,(H,20,23)/b15-9+. The zero-order chi connectivity index (χ0) is 16.4. The third kappa shape index (κ3) is 3.47. The summed E-state index contributed by atoms with van der Waals surface area (Å²) in [6.07, 6.45) is 1.78. The second kappa shape index (κ2) is 6.83. The predicted octanol–water partition coefficient (Wildman–Crippen LogP) is 4.36. The zero-order valence-corrected chi connectivity index (χ0v) is 15.1. The van der Waals surface area contributed by atoms with Crippen LogP contribution in [0.1, 0.15) is 11.1 Å². The molecule has 1 N–H and O–H groups in total. The van der Waals surface area contributed by atoms with Gasteiger partial charge < -0.3 is 5.32 Å². The van der Waals surface area contributed by atoms with Crippen molar-refractivity contribution in [3.05, 3.63) is 74.9 Å². The van der Waals surface area contributed by atoms with Crippen LogP contribution in [0.3, 0.4) is 0 Å². The van der Waals surface area contributed by atoms with Gasteiger partial charge in [-0.2, -0.15) is 0 Å². The molecule has 1 amide bonds. The number of carbonyl (C=O) groups is 1. The largest absolute Gasteiger partial charge is 0.328 e. The van der Waals surface area contributed by atoms with Gasteiger partial charge in [-0.25, -0.2) is 0 Å². The molecule has 116 valence electrons. The number of nitrogens with zero attached hydrogens (tertiary/aromatic N) is 1. The Morgan fingerprint density at radius 3 is 2.61 bits per heavy atom. The van der Waals surface area contributed by atoms with Crippen LogP contribution in [-0.4, -0.2) is 15.9 Å². The van der Waals surface area contributed by atoms with Crippen molar-refractivity contribution in [2.24, 2.45) is 0 Å². The van der Waals surface area contributed by atoms with Gasteiger partial charge in [0.05, 0.1) is 6.54 Å². The van der Waals surface area contributed by atoms with Gasteiger partial charge in [0.2, 0.25) is 0 Å². The van der Waals surface area contributed by atoms with Crippen LogP contribution in [0.4, 0.5) is 0 Å². The van der Waals surface area contributed by atoms with Crippen molar-refractivity contribution in [1.29, 1.82) is 0 Å². The SMILES string of the molecule is O=C1/C(=C\c2ccccc2Br)NC(=S)N1Cc1ccccc1Cl. The van der Waals surface area contributed by atoms with E-state index in [-0.39, 0.29) is 5.91 Å². The van der Waals surface area contributed by atoms with Crippen molar-refractivity contribution in [2.45, 2.75) is 6.54 Å². The molecular weight excluding hydrogens is 396 g/mol. The molecule has 3 nitrogen and oxygen atoms in total. The Morgan fingerprint density at radius 1 is 1.17 bits per heavy atom. The van der Waals surface area contributed by atoms with Crippen LogP contribution in [0.25, 0.3) is 6.08 Å². The first-order valence-corrected chi connectivity index (χ1v) is 8.46. The molecule has 0 spiro atoms. The second-order valence-corrected chi connectivity index (χ2v) is 6.64. The van der Waals surface area contributed by atoms with Gasteiger partial charge in [-0.15, -0.1) is 0 Å². The molecule has 1 saturated heterocycles. The number of hydrogen-bond acceptors (Lipinski definition) is 2. The second-order valence-electron chi connectivity index (χ2n) is 4.99. The lowest BCUT2D eigenvalue weighted by Gasteiger charge is -2.14. The van der Waals surface area contributed by atoms with E-state index in [9.17, 15) is 4.79 Å². The van der Waals surface area contributed by atoms with E-state index in [1.165, 1.54) is 4.90 Å². The molecule has 0 bridgehead atoms. The minimum absolute atomic E-state index is 0.161. The lowest BCUT2D eigenvalue weighted by molar-refractivity contribution is -0.122. The Balaban J connectivity index is 1.86. The third-order valence-corrected chi connectivity index (χ3v) is 4.87. The van der Waals surface area contributed by atoms with Crippen molar-refractivity contribution >= 4 is 56.8 Å². The number of amides is 1. The number of nitrogens with one attached hydrogen (secondary N) is 1. The quantitative estimate of drug-likeness (QED) is 0.606. The smallest absolute Gasteiger partial charge is 0.276 e. The average Bonchev–Trinajstić information content (AvgIpc) is 2.79. The molecule has 1 aliphatic heterocycles. The minimum atomic E-state index is -0.161. The zero-order valence-electron chi connectivity index (χ0n) is 11.9. The average molecular weight is 408 g/mol. The van der Waals surface area contributed by atoms with E-state index in [4.69, 9.17) is 23.8 Å². The van der Waals surface area contributed by atoms with Gasteiger partial charge >= 0.3 is 0 Å². The van der Waals surface area contributed by atoms with Crippen LogP contribution in [0.15, 0.2) is 58.7 Å². The summed E-state index contributed by atoms with van der Waals surface area (Å²) in [5, 5.41) is 3.97. The molecule has 0 aromatic heterocycles. The van der Waals surface area contributed by atoms with Crippen molar-refractivity contribution in [1.82, 2.24) is 10.2 Å². The van der Waals surface area contributed by atoms with Crippen LogP contribution >= 0.6 is 39.7 Å². The monoisotopic (exact) mass is 406 g/mol. The molecule has 0 atom stereocenters. The predicted molar refractivity (Wildman–Crippen MR) is 99.9 cm³/mol. The molecule has 6 heteroatoms. The lowest BCUT2D eigenvalue weighted by Crippen LogP contribution is -2.30. The van der Waals surface area contributed by atoms with Crippen molar-refractivity contribution in [3.8, 4) is 0 Å². The van der Waals surface area contributed by atoms with E-state index in [2.05, 4.69) is 21.2 Å². The van der Waals surface area contributed by atoms with E-state index in [0.29, 0.717) is 22.4 Å². The molecule has 23 heavy (non-hydrogen) atoms. The molecule has 1 fully saturated rings. The molecular formula is C17H12BrClN2OS. The summed E-state index contributed by atoms with van der Waals surface area (Å²) < 4.78 is 0.914. The number of thiocarbonyl (C=S) groups is 1. The summed E-state index contributed by atoms with van der Waals surface area (Å²) in [7, 11) is 0. The van der Waals surface area contributed by atoms with Gasteiger partial charge in [0.25, 0.3) is 5.91 Å². The molecule has 3 rings (SSSR count). The van der Waals surface area contributed by atoms with Gasteiger partial charge in [0, 0.05) is 9.50 Å². The molecule has 1 heterocycles. The Morgan fingerprint density at radius 2 is 1.87 bits per heavy atom. The Kier molecular flexibility index (Phi) is 4.80. The van der Waals surface area contributed by atoms with Crippen molar-refractivity contribution < 1.29 is 4.79 Å². The Bertz CT molecular complexity index is 822. The van der Waals surface area contributed by atoms with E-state index in [1.54, 1.807) is 12.1 Å². The van der Waals surface area contributed by atoms with Crippen molar-refractivity contribution in [2.75, 3.05) is 0 Å². The van der Waals surface area contributed by atoms with Crippen molar-refractivity contribution in [3.63, 3.8) is 0 Å². The Hall–Kier alpha value is -1.69. The van der Waals surface area contributed by atoms with E-state index in [0.717, 1.165) is 15.6 Å². The molecule has 0 radical (unpaired) electrons. The first-order chi connectivity index (χ1) is 11.1. The summed E-state index contributed by atoms with van der Waals surface area (Å²) >= 11 is 14.9. The minimum Gasteiger partial charge on any atom is -0.328 e. The van der Waals surface area contributed by atoms with Gasteiger partial charge in [0.1, 0.15) is 5.70 Å².